The molecule has 3 heterocycles. The molecule has 0 radical (unpaired) electrons. The molecule has 0 saturated carbocycles. The zero-order chi connectivity index (χ0) is 17.7. The van der Waals surface area contributed by atoms with Crippen molar-refractivity contribution in [3.63, 3.8) is 0 Å². The van der Waals surface area contributed by atoms with E-state index in [1.807, 2.05) is 13.0 Å². The maximum absolute atomic E-state index is 12.1. The molecule has 25 heavy (non-hydrogen) atoms. The third-order valence-corrected chi connectivity index (χ3v) is 5.78. The van der Waals surface area contributed by atoms with E-state index in [-0.39, 0.29) is 11.7 Å². The molecule has 3 aromatic rings. The van der Waals surface area contributed by atoms with Crippen LogP contribution in [0.15, 0.2) is 12.1 Å². The van der Waals surface area contributed by atoms with Crippen molar-refractivity contribution >= 4 is 56.5 Å². The van der Waals surface area contributed by atoms with Crippen LogP contribution < -0.4 is 10.5 Å². The highest BCUT2D eigenvalue weighted by molar-refractivity contribution is 7.20. The normalized spacial score (nSPS) is 13.1. The summed E-state index contributed by atoms with van der Waals surface area (Å²) < 4.78 is 5.63. The van der Waals surface area contributed by atoms with Crippen molar-refractivity contribution in [3.05, 3.63) is 32.6 Å². The monoisotopic (exact) mass is 393 g/mol. The molecule has 0 saturated heterocycles. The Morgan fingerprint density at radius 2 is 2.12 bits per heavy atom. The quantitative estimate of drug-likeness (QED) is 0.647. The predicted octanol–water partition coefficient (Wildman–Crippen LogP) is 4.77. The Kier molecular flexibility index (Phi) is 4.06. The van der Waals surface area contributed by atoms with Crippen LogP contribution in [0, 0.1) is 0 Å². The molecule has 5 nitrogen and oxygen atoms in total. The van der Waals surface area contributed by atoms with E-state index in [9.17, 15) is 4.79 Å². The molecular formula is C17H13Cl2N3O2S. The smallest absolute Gasteiger partial charge is 0.221 e. The largest absolute Gasteiger partial charge is 0.491 e. The summed E-state index contributed by atoms with van der Waals surface area (Å²) in [7, 11) is 0. The fourth-order valence-corrected chi connectivity index (χ4v) is 4.69. The number of anilines is 1. The Bertz CT molecular complexity index is 1030. The highest BCUT2D eigenvalue weighted by Crippen LogP contribution is 2.46. The van der Waals surface area contributed by atoms with Gasteiger partial charge in [0.1, 0.15) is 10.6 Å². The molecule has 0 atom stereocenters. The number of aromatic nitrogens is 2. The molecule has 4 rings (SSSR count). The van der Waals surface area contributed by atoms with Gasteiger partial charge in [-0.05, 0) is 12.1 Å². The maximum Gasteiger partial charge on any atom is 0.221 e. The summed E-state index contributed by atoms with van der Waals surface area (Å²) in [6, 6.07) is 3.46. The minimum Gasteiger partial charge on any atom is -0.491 e. The average Bonchev–Trinajstić information content (AvgIpc) is 3.20. The Hall–Kier alpha value is -1.89. The molecule has 2 N–H and O–H groups in total. The van der Waals surface area contributed by atoms with Crippen molar-refractivity contribution in [2.75, 3.05) is 12.3 Å². The van der Waals surface area contributed by atoms with Crippen LogP contribution in [0.3, 0.4) is 0 Å². The number of carbonyl (C=O) groups excluding carboxylic acids is 1. The zero-order valence-electron chi connectivity index (χ0n) is 13.2. The number of nitrogen functional groups attached to an aromatic ring is 1. The van der Waals surface area contributed by atoms with Gasteiger partial charge in [-0.2, -0.15) is 0 Å². The number of hydrogen-bond acceptors (Lipinski definition) is 6. The molecule has 0 fully saturated rings. The van der Waals surface area contributed by atoms with Crippen LogP contribution in [0.25, 0.3) is 21.5 Å². The third-order valence-electron chi connectivity index (χ3n) is 4.13. The first-order valence-electron chi connectivity index (χ1n) is 7.74. The Labute approximate surface area is 157 Å². The molecule has 0 unspecified atom stereocenters. The van der Waals surface area contributed by atoms with E-state index in [2.05, 4.69) is 9.97 Å². The summed E-state index contributed by atoms with van der Waals surface area (Å²) in [4.78, 5) is 22.1. The van der Waals surface area contributed by atoms with Gasteiger partial charge in [0.15, 0.2) is 5.78 Å². The summed E-state index contributed by atoms with van der Waals surface area (Å²) in [5, 5.41) is 1.71. The Morgan fingerprint density at radius 1 is 1.32 bits per heavy atom. The van der Waals surface area contributed by atoms with Gasteiger partial charge in [0.25, 0.3) is 0 Å². The first kappa shape index (κ1) is 16.6. The molecule has 1 aliphatic heterocycles. The van der Waals surface area contributed by atoms with Crippen molar-refractivity contribution in [1.82, 2.24) is 9.97 Å². The molecule has 1 aromatic carbocycles. The minimum absolute atomic E-state index is 0.0586. The summed E-state index contributed by atoms with van der Waals surface area (Å²) >= 11 is 14.0. The second-order valence-electron chi connectivity index (χ2n) is 5.66. The molecule has 0 bridgehead atoms. The van der Waals surface area contributed by atoms with Crippen molar-refractivity contribution in [2.24, 2.45) is 0 Å². The fourth-order valence-electron chi connectivity index (χ4n) is 3.00. The van der Waals surface area contributed by atoms with E-state index in [4.69, 9.17) is 33.7 Å². The van der Waals surface area contributed by atoms with Crippen molar-refractivity contribution < 1.29 is 9.53 Å². The molecular weight excluding hydrogens is 381 g/mol. The lowest BCUT2D eigenvalue weighted by Gasteiger charge is -2.12. The van der Waals surface area contributed by atoms with Crippen LogP contribution >= 0.6 is 34.5 Å². The minimum atomic E-state index is 0.0586. The number of nitrogens with two attached hydrogens (primary N) is 1. The van der Waals surface area contributed by atoms with Gasteiger partial charge in [0.05, 0.1) is 27.2 Å². The molecule has 0 amide bonds. The standard InChI is InChI=1S/C17H13Cl2N3O2S/c1-2-11(23)12-5-8-14(21-17(20)22-16(8)25-12)13-7-3-4-24-15(7)10(19)6-9(13)18/h5-6H,2-4H2,1H3,(H2,20,21,22). The lowest BCUT2D eigenvalue weighted by atomic mass is 10.00. The first-order valence-corrected chi connectivity index (χ1v) is 9.31. The van der Waals surface area contributed by atoms with Crippen LogP contribution in [0.1, 0.15) is 28.6 Å². The van der Waals surface area contributed by atoms with E-state index in [0.29, 0.717) is 50.6 Å². The number of ether oxygens (including phenoxy) is 1. The van der Waals surface area contributed by atoms with E-state index in [0.717, 1.165) is 16.5 Å². The van der Waals surface area contributed by atoms with Crippen molar-refractivity contribution in [2.45, 2.75) is 19.8 Å². The van der Waals surface area contributed by atoms with Crippen LogP contribution in [-0.4, -0.2) is 22.4 Å². The molecule has 128 valence electrons. The first-order chi connectivity index (χ1) is 12.0. The number of nitrogens with zero attached hydrogens (tertiary/aromatic N) is 2. The van der Waals surface area contributed by atoms with Crippen LogP contribution in [-0.2, 0) is 6.42 Å². The van der Waals surface area contributed by atoms with Crippen molar-refractivity contribution in [3.8, 4) is 17.0 Å². The number of fused-ring (bicyclic) bond motifs is 2. The highest BCUT2D eigenvalue weighted by Gasteiger charge is 2.26. The van der Waals surface area contributed by atoms with Gasteiger partial charge in [-0.15, -0.1) is 11.3 Å². The van der Waals surface area contributed by atoms with Crippen LogP contribution in [0.4, 0.5) is 5.95 Å². The molecule has 0 aliphatic carbocycles. The summed E-state index contributed by atoms with van der Waals surface area (Å²) in [5.74, 6) is 0.827. The molecule has 2 aromatic heterocycles. The summed E-state index contributed by atoms with van der Waals surface area (Å²) in [6.07, 6.45) is 1.11. The number of thiophene rings is 1. The summed E-state index contributed by atoms with van der Waals surface area (Å²) in [5.41, 5.74) is 8.16. The van der Waals surface area contributed by atoms with Crippen LogP contribution in [0.5, 0.6) is 5.75 Å². The number of rotatable bonds is 3. The number of Topliss-reactive ketones (excluding diaryl/α,β-unsaturated/α-hetero) is 1. The second-order valence-corrected chi connectivity index (χ2v) is 7.50. The lowest BCUT2D eigenvalue weighted by molar-refractivity contribution is 0.0992. The van der Waals surface area contributed by atoms with E-state index in [1.165, 1.54) is 11.3 Å². The van der Waals surface area contributed by atoms with Gasteiger partial charge in [0.2, 0.25) is 5.95 Å². The molecule has 8 heteroatoms. The summed E-state index contributed by atoms with van der Waals surface area (Å²) in [6.45, 7) is 2.36. The van der Waals surface area contributed by atoms with Gasteiger partial charge in [0, 0.05) is 29.4 Å². The average molecular weight is 394 g/mol. The number of ketones is 1. The van der Waals surface area contributed by atoms with Gasteiger partial charge >= 0.3 is 0 Å². The van der Waals surface area contributed by atoms with Gasteiger partial charge in [-0.1, -0.05) is 30.1 Å². The van der Waals surface area contributed by atoms with E-state index >= 15 is 0 Å². The second kappa shape index (κ2) is 6.12. The van der Waals surface area contributed by atoms with Crippen LogP contribution in [0.2, 0.25) is 10.0 Å². The third kappa shape index (κ3) is 2.65. The molecule has 0 spiro atoms. The maximum atomic E-state index is 12.1. The van der Waals surface area contributed by atoms with E-state index in [1.54, 1.807) is 6.07 Å². The van der Waals surface area contributed by atoms with E-state index < -0.39 is 0 Å². The van der Waals surface area contributed by atoms with Gasteiger partial charge in [-0.25, -0.2) is 9.97 Å². The SMILES string of the molecule is CCC(=O)c1cc2c(-c3c(Cl)cc(Cl)c4c3CCO4)nc(N)nc2s1. The van der Waals surface area contributed by atoms with Crippen molar-refractivity contribution in [1.29, 1.82) is 0 Å². The topological polar surface area (TPSA) is 78.1 Å². The highest BCUT2D eigenvalue weighted by atomic mass is 35.5. The Morgan fingerprint density at radius 3 is 2.88 bits per heavy atom. The molecule has 1 aliphatic rings. The van der Waals surface area contributed by atoms with Gasteiger partial charge < -0.3 is 10.5 Å². The number of hydrogen-bond donors (Lipinski definition) is 1. The Balaban J connectivity index is 2.04. The predicted molar refractivity (Wildman–Crippen MR) is 101 cm³/mol. The van der Waals surface area contributed by atoms with Gasteiger partial charge in [-0.3, -0.25) is 4.79 Å². The lowest BCUT2D eigenvalue weighted by Crippen LogP contribution is -1.99. The zero-order valence-corrected chi connectivity index (χ0v) is 15.6. The number of carbonyl (C=O) groups is 1. The number of halogens is 2. The number of benzene rings is 1. The fraction of sp³-hybridized carbons (Fsp3) is 0.235.